The fourth-order valence-electron chi connectivity index (χ4n) is 5.43. The van der Waals surface area contributed by atoms with E-state index >= 15 is 0 Å². The van der Waals surface area contributed by atoms with E-state index in [4.69, 9.17) is 21.3 Å². The zero-order chi connectivity index (χ0) is 27.8. The minimum Gasteiger partial charge on any atom is -0.481 e. The molecule has 1 aromatic heterocycles. The van der Waals surface area contributed by atoms with E-state index in [9.17, 15) is 9.59 Å². The van der Waals surface area contributed by atoms with E-state index < -0.39 is 5.91 Å². The summed E-state index contributed by atoms with van der Waals surface area (Å²) in [5.41, 5.74) is 7.24. The minimum atomic E-state index is -0.469. The van der Waals surface area contributed by atoms with Crippen LogP contribution < -0.4 is 10.1 Å². The highest BCUT2D eigenvalue weighted by Gasteiger charge is 2.30. The number of amides is 2. The van der Waals surface area contributed by atoms with E-state index in [0.717, 1.165) is 47.2 Å². The van der Waals surface area contributed by atoms with E-state index in [0.29, 0.717) is 22.4 Å². The van der Waals surface area contributed by atoms with Crippen molar-refractivity contribution in [3.8, 4) is 28.3 Å². The molecule has 2 aromatic carbocycles. The Bertz CT molecular complexity index is 1560. The molecule has 2 amide bonds. The Morgan fingerprint density at radius 3 is 2.56 bits per heavy atom. The van der Waals surface area contributed by atoms with Gasteiger partial charge in [0.25, 0.3) is 11.8 Å². The first-order valence-electron chi connectivity index (χ1n) is 12.9. The molecule has 0 bridgehead atoms. The predicted molar refractivity (Wildman–Crippen MR) is 154 cm³/mol. The number of anilines is 1. The van der Waals surface area contributed by atoms with Gasteiger partial charge in [-0.3, -0.25) is 14.5 Å². The Morgan fingerprint density at radius 2 is 1.82 bits per heavy atom. The smallest absolute Gasteiger partial charge is 0.266 e. The highest BCUT2D eigenvalue weighted by atomic mass is 35.5. The Kier molecular flexibility index (Phi) is 7.19. The van der Waals surface area contributed by atoms with Gasteiger partial charge in [-0.15, -0.1) is 0 Å². The molecular formula is C31H31ClN4O3. The van der Waals surface area contributed by atoms with Gasteiger partial charge in [0.2, 0.25) is 5.88 Å². The number of nitrogens with zero attached hydrogens (tertiary/aromatic N) is 3. The number of likely N-dealkylation sites (N-methyl/N-ethyl adjacent to an activating group) is 1. The van der Waals surface area contributed by atoms with E-state index in [1.165, 1.54) is 16.0 Å². The van der Waals surface area contributed by atoms with Crippen LogP contribution in [-0.4, -0.2) is 47.8 Å². The molecule has 0 spiro atoms. The van der Waals surface area contributed by atoms with Crippen LogP contribution in [0.3, 0.4) is 0 Å². The number of nitrogens with one attached hydrogen (secondary N) is 1. The molecule has 0 saturated carbocycles. The number of halogens is 1. The molecule has 7 nitrogen and oxygen atoms in total. The van der Waals surface area contributed by atoms with E-state index in [1.807, 2.05) is 56.3 Å². The molecule has 1 aliphatic carbocycles. The molecule has 5 rings (SSSR count). The summed E-state index contributed by atoms with van der Waals surface area (Å²) in [7, 11) is 5.11. The van der Waals surface area contributed by atoms with Crippen molar-refractivity contribution >= 4 is 29.1 Å². The lowest BCUT2D eigenvalue weighted by atomic mass is 9.96. The third kappa shape index (κ3) is 4.68. The van der Waals surface area contributed by atoms with Gasteiger partial charge in [0.1, 0.15) is 11.4 Å². The Hall–Kier alpha value is -4.10. The summed E-state index contributed by atoms with van der Waals surface area (Å²) >= 11 is 7.02. The highest BCUT2D eigenvalue weighted by molar-refractivity contribution is 6.36. The predicted octanol–water partition coefficient (Wildman–Crippen LogP) is 5.96. The van der Waals surface area contributed by atoms with Gasteiger partial charge < -0.3 is 15.0 Å². The average molecular weight is 543 g/mol. The Balaban J connectivity index is 1.49. The van der Waals surface area contributed by atoms with Crippen LogP contribution in [0.25, 0.3) is 22.4 Å². The summed E-state index contributed by atoms with van der Waals surface area (Å²) in [5.74, 6) is 0.537. The summed E-state index contributed by atoms with van der Waals surface area (Å²) in [6, 6.07) is 13.6. The second-order valence-electron chi connectivity index (χ2n) is 9.77. The Labute approximate surface area is 233 Å². The topological polar surface area (TPSA) is 74.8 Å². The molecule has 2 heterocycles. The van der Waals surface area contributed by atoms with Crippen LogP contribution in [-0.2, 0) is 22.4 Å². The van der Waals surface area contributed by atoms with Crippen LogP contribution in [0.2, 0.25) is 5.02 Å². The molecule has 0 saturated heterocycles. The van der Waals surface area contributed by atoms with Crippen molar-refractivity contribution in [3.05, 3.63) is 87.8 Å². The van der Waals surface area contributed by atoms with Crippen LogP contribution in [0.1, 0.15) is 30.0 Å². The lowest BCUT2D eigenvalue weighted by Crippen LogP contribution is -2.41. The molecule has 1 aliphatic heterocycles. The van der Waals surface area contributed by atoms with Gasteiger partial charge in [0, 0.05) is 42.7 Å². The van der Waals surface area contributed by atoms with Crippen molar-refractivity contribution in [2.75, 3.05) is 26.5 Å². The monoisotopic (exact) mass is 542 g/mol. The maximum atomic E-state index is 13.2. The number of carbonyl (C=O) groups is 2. The zero-order valence-corrected chi connectivity index (χ0v) is 23.5. The molecule has 200 valence electrons. The molecule has 0 radical (unpaired) electrons. The summed E-state index contributed by atoms with van der Waals surface area (Å²) < 4.78 is 5.60. The van der Waals surface area contributed by atoms with Crippen molar-refractivity contribution in [3.63, 3.8) is 0 Å². The average Bonchev–Trinajstić information content (AvgIpc) is 3.41. The van der Waals surface area contributed by atoms with Crippen LogP contribution >= 0.6 is 11.6 Å². The number of ether oxygens (including phenoxy) is 1. The molecular weight excluding hydrogens is 512 g/mol. The standard InChI is InChI=1S/C31H31ClN4O3/c1-6-27-35(3)17-24(31(38)36(27)4)29(37)33-25-15-9-11-20(18(25)2)22-13-8-14-23(28(22)32)26-16-19-10-7-12-21(19)30(34-26)39-5/h6,8-9,11,13-17H,7,10,12H2,1-5H3,(H,33,37)/b27-6+. The molecule has 1 N–H and O–H groups in total. The van der Waals surface area contributed by atoms with Gasteiger partial charge in [-0.1, -0.05) is 41.9 Å². The lowest BCUT2D eigenvalue weighted by molar-refractivity contribution is -0.128. The zero-order valence-electron chi connectivity index (χ0n) is 22.8. The number of aryl methyl sites for hydroxylation is 1. The number of benzene rings is 2. The van der Waals surface area contributed by atoms with E-state index in [-0.39, 0.29) is 11.5 Å². The number of carbonyl (C=O) groups excluding carboxylic acids is 2. The SMILES string of the molecule is C/C=C1\N(C)C=C(C(=O)Nc2cccc(-c3cccc(-c4cc5c(c(OC)n4)CCC5)c3Cl)c2C)C(=O)N1C. The van der Waals surface area contributed by atoms with E-state index in [1.54, 1.807) is 32.3 Å². The molecule has 39 heavy (non-hydrogen) atoms. The Morgan fingerprint density at radius 1 is 1.10 bits per heavy atom. The third-order valence-electron chi connectivity index (χ3n) is 7.46. The summed E-state index contributed by atoms with van der Waals surface area (Å²) in [6.45, 7) is 3.78. The van der Waals surface area contributed by atoms with Crippen LogP contribution in [0.15, 0.2) is 66.1 Å². The molecule has 0 atom stereocenters. The van der Waals surface area contributed by atoms with E-state index in [2.05, 4.69) is 11.4 Å². The number of rotatable bonds is 5. The van der Waals surface area contributed by atoms with Gasteiger partial charge in [-0.25, -0.2) is 4.98 Å². The summed E-state index contributed by atoms with van der Waals surface area (Å²) in [6.07, 6.45) is 6.45. The largest absolute Gasteiger partial charge is 0.481 e. The quantitative estimate of drug-likeness (QED) is 0.402. The molecule has 8 heteroatoms. The van der Waals surface area contributed by atoms with Crippen molar-refractivity contribution in [2.45, 2.75) is 33.1 Å². The van der Waals surface area contributed by atoms with Gasteiger partial charge >= 0.3 is 0 Å². The number of hydrogen-bond donors (Lipinski definition) is 1. The second kappa shape index (κ2) is 10.6. The van der Waals surface area contributed by atoms with Gasteiger partial charge in [-0.05, 0) is 68.0 Å². The minimum absolute atomic E-state index is 0.0621. The maximum absolute atomic E-state index is 13.2. The van der Waals surface area contributed by atoms with Crippen LogP contribution in [0.5, 0.6) is 5.88 Å². The number of pyridine rings is 1. The number of fused-ring (bicyclic) bond motifs is 1. The first-order valence-corrected chi connectivity index (χ1v) is 13.3. The summed E-state index contributed by atoms with van der Waals surface area (Å²) in [5, 5.41) is 3.50. The van der Waals surface area contributed by atoms with Crippen molar-refractivity contribution in [2.24, 2.45) is 0 Å². The van der Waals surface area contributed by atoms with Crippen LogP contribution in [0.4, 0.5) is 5.69 Å². The first kappa shape index (κ1) is 26.5. The fourth-order valence-corrected chi connectivity index (χ4v) is 5.76. The maximum Gasteiger partial charge on any atom is 0.266 e. The number of allylic oxidation sites excluding steroid dienone is 1. The second-order valence-corrected chi connectivity index (χ2v) is 10.2. The van der Waals surface area contributed by atoms with Crippen LogP contribution in [0, 0.1) is 6.92 Å². The normalized spacial score (nSPS) is 15.9. The van der Waals surface area contributed by atoms with Gasteiger partial charge in [-0.2, -0.15) is 0 Å². The summed E-state index contributed by atoms with van der Waals surface area (Å²) in [4.78, 5) is 34.1. The highest BCUT2D eigenvalue weighted by Crippen LogP contribution is 2.41. The molecule has 2 aliphatic rings. The molecule has 3 aromatic rings. The number of methoxy groups -OCH3 is 1. The van der Waals surface area contributed by atoms with Gasteiger partial charge in [0.15, 0.2) is 0 Å². The first-order chi connectivity index (χ1) is 18.7. The fraction of sp³-hybridized carbons (Fsp3) is 0.258. The molecule has 0 fully saturated rings. The van der Waals surface area contributed by atoms with Crippen molar-refractivity contribution in [1.29, 1.82) is 0 Å². The molecule has 0 unspecified atom stereocenters. The lowest BCUT2D eigenvalue weighted by Gasteiger charge is -2.32. The van der Waals surface area contributed by atoms with Crippen molar-refractivity contribution < 1.29 is 14.3 Å². The third-order valence-corrected chi connectivity index (χ3v) is 7.86. The van der Waals surface area contributed by atoms with Gasteiger partial charge in [0.05, 0.1) is 17.8 Å². The number of aromatic nitrogens is 1. The van der Waals surface area contributed by atoms with Crippen molar-refractivity contribution in [1.82, 2.24) is 14.8 Å². The number of hydrogen-bond acceptors (Lipinski definition) is 5.